The molecule has 5 nitrogen and oxygen atoms in total. The van der Waals surface area contributed by atoms with Crippen LogP contribution in [0.25, 0.3) is 11.3 Å². The van der Waals surface area contributed by atoms with E-state index in [0.29, 0.717) is 24.6 Å². The fraction of sp³-hybridized carbons (Fsp3) is 0.312. The number of hydrogen-bond donors (Lipinski definition) is 1. The van der Waals surface area contributed by atoms with Gasteiger partial charge in [0.05, 0.1) is 11.6 Å². The van der Waals surface area contributed by atoms with Crippen molar-refractivity contribution < 1.29 is 9.59 Å². The second-order valence-corrected chi connectivity index (χ2v) is 6.48. The van der Waals surface area contributed by atoms with Crippen molar-refractivity contribution in [1.29, 1.82) is 0 Å². The molecule has 7 heteroatoms. The van der Waals surface area contributed by atoms with E-state index >= 15 is 0 Å². The first-order valence-electron chi connectivity index (χ1n) is 7.33. The number of rotatable bonds is 4. The van der Waals surface area contributed by atoms with Crippen LogP contribution in [0, 0.1) is 5.92 Å². The summed E-state index contributed by atoms with van der Waals surface area (Å²) in [6, 6.07) is 9.81. The minimum atomic E-state index is -0.203. The summed E-state index contributed by atoms with van der Waals surface area (Å²) in [4.78, 5) is 29.9. The van der Waals surface area contributed by atoms with E-state index < -0.39 is 0 Å². The van der Waals surface area contributed by atoms with E-state index in [1.807, 2.05) is 35.7 Å². The molecule has 0 saturated carbocycles. The van der Waals surface area contributed by atoms with Gasteiger partial charge in [0, 0.05) is 24.0 Å². The van der Waals surface area contributed by atoms with Gasteiger partial charge in [-0.25, -0.2) is 4.98 Å². The number of aromatic nitrogens is 1. The molecule has 2 aromatic rings. The maximum atomic E-state index is 12.3. The van der Waals surface area contributed by atoms with Crippen molar-refractivity contribution in [3.05, 3.63) is 35.7 Å². The third-order valence-corrected chi connectivity index (χ3v) is 4.82. The zero-order chi connectivity index (χ0) is 16.2. The molecule has 0 aliphatic carbocycles. The largest absolute Gasteiger partial charge is 0.341 e. The molecule has 2 amide bonds. The monoisotopic (exact) mass is 349 g/mol. The third-order valence-electron chi connectivity index (χ3n) is 3.83. The Morgan fingerprint density at radius 2 is 2.13 bits per heavy atom. The number of amides is 2. The summed E-state index contributed by atoms with van der Waals surface area (Å²) >= 11 is 6.95. The first kappa shape index (κ1) is 16.0. The van der Waals surface area contributed by atoms with Crippen molar-refractivity contribution in [3.8, 4) is 11.3 Å². The Kier molecular flexibility index (Phi) is 4.93. The van der Waals surface area contributed by atoms with Crippen molar-refractivity contribution in [1.82, 2.24) is 9.88 Å². The van der Waals surface area contributed by atoms with Gasteiger partial charge in [0.1, 0.15) is 5.88 Å². The molecule has 3 rings (SSSR count). The number of alkyl halides is 1. The highest BCUT2D eigenvalue weighted by Gasteiger charge is 2.30. The van der Waals surface area contributed by atoms with Crippen LogP contribution in [-0.2, 0) is 9.59 Å². The summed E-state index contributed by atoms with van der Waals surface area (Å²) < 4.78 is 0. The smallest absolute Gasteiger partial charge is 0.237 e. The third kappa shape index (κ3) is 3.71. The van der Waals surface area contributed by atoms with Gasteiger partial charge in [-0.2, -0.15) is 0 Å². The molecule has 1 aliphatic heterocycles. The van der Waals surface area contributed by atoms with Crippen LogP contribution in [0.1, 0.15) is 6.42 Å². The number of hydrogen-bond acceptors (Lipinski definition) is 4. The van der Waals surface area contributed by atoms with Crippen molar-refractivity contribution in [3.63, 3.8) is 0 Å². The summed E-state index contributed by atoms with van der Waals surface area (Å²) in [7, 11) is 0. The molecule has 1 atom stereocenters. The first-order chi connectivity index (χ1) is 11.2. The highest BCUT2D eigenvalue weighted by atomic mass is 35.5. The SMILES string of the molecule is O=C(Nc1nc(-c2ccccc2)cs1)[C@H]1CCN(C(=O)CCl)C1. The summed E-state index contributed by atoms with van der Waals surface area (Å²) in [6.07, 6.45) is 0.658. The molecule has 120 valence electrons. The molecule has 0 radical (unpaired) electrons. The van der Waals surface area contributed by atoms with Gasteiger partial charge in [-0.1, -0.05) is 30.3 Å². The molecule has 1 aromatic heterocycles. The standard InChI is InChI=1S/C16H16ClN3O2S/c17-8-14(21)20-7-6-12(9-20)15(22)19-16-18-13(10-23-16)11-4-2-1-3-5-11/h1-5,10,12H,6-9H2,(H,18,19,22)/t12-/m0/s1. The summed E-state index contributed by atoms with van der Waals surface area (Å²) in [5, 5.41) is 5.35. The van der Waals surface area contributed by atoms with Gasteiger partial charge in [0.25, 0.3) is 0 Å². The predicted octanol–water partition coefficient (Wildman–Crippen LogP) is 2.84. The van der Waals surface area contributed by atoms with Crippen LogP contribution < -0.4 is 5.32 Å². The van der Waals surface area contributed by atoms with Gasteiger partial charge in [0.15, 0.2) is 5.13 Å². The summed E-state index contributed by atoms with van der Waals surface area (Å²) in [6.45, 7) is 1.01. The minimum absolute atomic E-state index is 0.0404. The highest BCUT2D eigenvalue weighted by Crippen LogP contribution is 2.26. The Morgan fingerprint density at radius 1 is 1.35 bits per heavy atom. The molecule has 1 aromatic carbocycles. The Hall–Kier alpha value is -1.92. The van der Waals surface area contributed by atoms with Gasteiger partial charge in [-0.05, 0) is 6.42 Å². The molecule has 1 fully saturated rings. The number of nitrogens with zero attached hydrogens (tertiary/aromatic N) is 2. The molecule has 0 spiro atoms. The summed E-state index contributed by atoms with van der Waals surface area (Å²) in [5.41, 5.74) is 1.86. The van der Waals surface area contributed by atoms with E-state index in [9.17, 15) is 9.59 Å². The van der Waals surface area contributed by atoms with E-state index in [1.165, 1.54) is 11.3 Å². The zero-order valence-corrected chi connectivity index (χ0v) is 13.9. The van der Waals surface area contributed by atoms with Crippen molar-refractivity contribution in [2.24, 2.45) is 5.92 Å². The lowest BCUT2D eigenvalue weighted by Gasteiger charge is -2.14. The first-order valence-corrected chi connectivity index (χ1v) is 8.74. The lowest BCUT2D eigenvalue weighted by atomic mass is 10.1. The van der Waals surface area contributed by atoms with E-state index in [2.05, 4.69) is 10.3 Å². The molecule has 23 heavy (non-hydrogen) atoms. The van der Waals surface area contributed by atoms with Crippen LogP contribution in [0.2, 0.25) is 0 Å². The Labute approximate surface area is 143 Å². The highest BCUT2D eigenvalue weighted by molar-refractivity contribution is 7.14. The molecule has 0 bridgehead atoms. The second kappa shape index (κ2) is 7.10. The molecule has 1 saturated heterocycles. The van der Waals surface area contributed by atoms with Crippen LogP contribution in [0.5, 0.6) is 0 Å². The molecular formula is C16H16ClN3O2S. The molecule has 1 N–H and O–H groups in total. The quantitative estimate of drug-likeness (QED) is 0.863. The Bertz CT molecular complexity index is 704. The molecular weight excluding hydrogens is 334 g/mol. The lowest BCUT2D eigenvalue weighted by Crippen LogP contribution is -2.32. The number of carbonyl (C=O) groups excluding carboxylic acids is 2. The minimum Gasteiger partial charge on any atom is -0.341 e. The molecule has 0 unspecified atom stereocenters. The van der Waals surface area contributed by atoms with E-state index in [1.54, 1.807) is 4.90 Å². The van der Waals surface area contributed by atoms with E-state index in [4.69, 9.17) is 11.6 Å². The molecule has 1 aliphatic rings. The molecule has 2 heterocycles. The average molecular weight is 350 g/mol. The van der Waals surface area contributed by atoms with Crippen LogP contribution in [-0.4, -0.2) is 40.7 Å². The number of anilines is 1. The fourth-order valence-corrected chi connectivity index (χ4v) is 3.46. The van der Waals surface area contributed by atoms with Gasteiger partial charge in [0.2, 0.25) is 11.8 Å². The van der Waals surface area contributed by atoms with Crippen molar-refractivity contribution >= 4 is 39.9 Å². The maximum absolute atomic E-state index is 12.3. The zero-order valence-electron chi connectivity index (χ0n) is 12.4. The lowest BCUT2D eigenvalue weighted by molar-refractivity contribution is -0.127. The van der Waals surface area contributed by atoms with Gasteiger partial charge in [-0.3, -0.25) is 9.59 Å². The predicted molar refractivity (Wildman–Crippen MR) is 91.6 cm³/mol. The number of thiazole rings is 1. The van der Waals surface area contributed by atoms with Crippen molar-refractivity contribution in [2.45, 2.75) is 6.42 Å². The van der Waals surface area contributed by atoms with E-state index in [-0.39, 0.29) is 23.6 Å². The van der Waals surface area contributed by atoms with Crippen LogP contribution in [0.3, 0.4) is 0 Å². The topological polar surface area (TPSA) is 62.3 Å². The number of halogens is 1. The van der Waals surface area contributed by atoms with Crippen LogP contribution in [0.4, 0.5) is 5.13 Å². The fourth-order valence-electron chi connectivity index (χ4n) is 2.57. The van der Waals surface area contributed by atoms with Crippen LogP contribution >= 0.6 is 22.9 Å². The van der Waals surface area contributed by atoms with E-state index in [0.717, 1.165) is 11.3 Å². The number of carbonyl (C=O) groups is 2. The Balaban J connectivity index is 1.61. The van der Waals surface area contributed by atoms with Crippen molar-refractivity contribution in [2.75, 3.05) is 24.3 Å². The Morgan fingerprint density at radius 3 is 2.87 bits per heavy atom. The van der Waals surface area contributed by atoms with Gasteiger partial charge < -0.3 is 10.2 Å². The average Bonchev–Trinajstić information content (AvgIpc) is 3.24. The number of nitrogens with one attached hydrogen (secondary N) is 1. The second-order valence-electron chi connectivity index (χ2n) is 5.35. The maximum Gasteiger partial charge on any atom is 0.237 e. The number of likely N-dealkylation sites (tertiary alicyclic amines) is 1. The van der Waals surface area contributed by atoms with Gasteiger partial charge >= 0.3 is 0 Å². The number of benzene rings is 1. The summed E-state index contributed by atoms with van der Waals surface area (Å²) in [5.74, 6) is -0.459. The van der Waals surface area contributed by atoms with Crippen LogP contribution in [0.15, 0.2) is 35.7 Å². The normalized spacial score (nSPS) is 17.3. The van der Waals surface area contributed by atoms with Gasteiger partial charge in [-0.15, -0.1) is 22.9 Å².